The molecule has 0 aromatic heterocycles. The van der Waals surface area contributed by atoms with Gasteiger partial charge in [-0.1, -0.05) is 18.2 Å². The van der Waals surface area contributed by atoms with Gasteiger partial charge in [0.25, 0.3) is 5.91 Å². The monoisotopic (exact) mass is 361 g/mol. The fourth-order valence-electron chi connectivity index (χ4n) is 2.89. The smallest absolute Gasteiger partial charge is 0.338 e. The molecule has 2 aromatic carbocycles. The number of ether oxygens (including phenoxy) is 1. The van der Waals surface area contributed by atoms with E-state index < -0.39 is 11.9 Å². The van der Waals surface area contributed by atoms with Crippen LogP contribution in [0.2, 0.25) is 0 Å². The Morgan fingerprint density at radius 3 is 2.67 bits per heavy atom. The highest BCUT2D eigenvalue weighted by Gasteiger charge is 2.19. The number of fused-ring (bicyclic) bond motifs is 1. The highest BCUT2D eigenvalue weighted by molar-refractivity contribution is 6.07. The van der Waals surface area contributed by atoms with E-state index in [1.54, 1.807) is 37.4 Å². The molecule has 0 bridgehead atoms. The van der Waals surface area contributed by atoms with Crippen molar-refractivity contribution in [3.8, 4) is 6.07 Å². The molecule has 27 heavy (non-hydrogen) atoms. The maximum Gasteiger partial charge on any atom is 0.338 e. The molecule has 6 nitrogen and oxygen atoms in total. The second-order valence-corrected chi connectivity index (χ2v) is 5.98. The number of benzene rings is 2. The predicted molar refractivity (Wildman–Crippen MR) is 102 cm³/mol. The first-order chi connectivity index (χ1) is 13.1. The highest BCUT2D eigenvalue weighted by atomic mass is 16.5. The number of carbonyl (C=O) groups excluding carboxylic acids is 2. The Kier molecular flexibility index (Phi) is 5.53. The topological polar surface area (TPSA) is 82.4 Å². The average Bonchev–Trinajstić information content (AvgIpc) is 3.09. The molecule has 136 valence electrons. The van der Waals surface area contributed by atoms with Crippen LogP contribution in [-0.2, 0) is 16.0 Å². The molecule has 2 aromatic rings. The van der Waals surface area contributed by atoms with Crippen molar-refractivity contribution in [2.45, 2.75) is 13.3 Å². The molecule has 3 rings (SSSR count). The van der Waals surface area contributed by atoms with Gasteiger partial charge in [-0.2, -0.15) is 5.26 Å². The number of para-hydroxylation sites is 1. The summed E-state index contributed by atoms with van der Waals surface area (Å²) in [6, 6.07) is 16.2. The summed E-state index contributed by atoms with van der Waals surface area (Å²) in [6.45, 7) is 2.76. The number of hydrogen-bond donors (Lipinski definition) is 1. The maximum absolute atomic E-state index is 12.4. The fraction of sp³-hybridized carbons (Fsp3) is 0.190. The normalized spacial score (nSPS) is 12.9. The molecule has 6 heteroatoms. The van der Waals surface area contributed by atoms with Crippen molar-refractivity contribution in [2.75, 3.05) is 23.4 Å². The minimum absolute atomic E-state index is 0.0150. The molecule has 0 spiro atoms. The van der Waals surface area contributed by atoms with Crippen LogP contribution >= 0.6 is 0 Å². The van der Waals surface area contributed by atoms with E-state index >= 15 is 0 Å². The lowest BCUT2D eigenvalue weighted by Gasteiger charge is -2.14. The lowest BCUT2D eigenvalue weighted by Crippen LogP contribution is -2.19. The molecule has 0 atom stereocenters. The number of nitrogens with zero attached hydrogens (tertiary/aromatic N) is 2. The molecule has 0 aliphatic carbocycles. The van der Waals surface area contributed by atoms with Crippen LogP contribution in [0, 0.1) is 11.3 Å². The summed E-state index contributed by atoms with van der Waals surface area (Å²) in [4.78, 5) is 26.0. The molecule has 1 heterocycles. The van der Waals surface area contributed by atoms with Crippen molar-refractivity contribution in [3.63, 3.8) is 0 Å². The average molecular weight is 361 g/mol. The fourth-order valence-corrected chi connectivity index (χ4v) is 2.89. The molecule has 1 amide bonds. The number of carbonyl (C=O) groups is 2. The second kappa shape index (κ2) is 8.19. The summed E-state index contributed by atoms with van der Waals surface area (Å²) in [5.74, 6) is -0.911. The lowest BCUT2D eigenvalue weighted by atomic mass is 10.2. The molecule has 1 aliphatic rings. The van der Waals surface area contributed by atoms with Crippen LogP contribution in [0.4, 0.5) is 11.4 Å². The van der Waals surface area contributed by atoms with Crippen molar-refractivity contribution in [3.05, 3.63) is 71.4 Å². The third-order valence-corrected chi connectivity index (χ3v) is 4.23. The van der Waals surface area contributed by atoms with E-state index in [9.17, 15) is 14.9 Å². The molecule has 0 unspecified atom stereocenters. The summed E-state index contributed by atoms with van der Waals surface area (Å²) in [6.07, 6.45) is 2.45. The summed E-state index contributed by atoms with van der Waals surface area (Å²) < 4.78 is 4.92. The zero-order valence-corrected chi connectivity index (χ0v) is 14.9. The molecular formula is C21H19N3O3. The molecular weight excluding hydrogens is 342 g/mol. The lowest BCUT2D eigenvalue weighted by molar-refractivity contribution is -0.112. The van der Waals surface area contributed by atoms with Crippen molar-refractivity contribution in [2.24, 2.45) is 0 Å². The summed E-state index contributed by atoms with van der Waals surface area (Å²) >= 11 is 0. The van der Waals surface area contributed by atoms with Gasteiger partial charge in [-0.3, -0.25) is 4.79 Å². The number of esters is 1. The molecule has 0 radical (unpaired) electrons. The van der Waals surface area contributed by atoms with Gasteiger partial charge in [-0.05, 0) is 49.2 Å². The van der Waals surface area contributed by atoms with E-state index in [2.05, 4.69) is 5.32 Å². The van der Waals surface area contributed by atoms with Gasteiger partial charge in [-0.15, -0.1) is 0 Å². The minimum Gasteiger partial charge on any atom is -0.462 e. The van der Waals surface area contributed by atoms with Gasteiger partial charge >= 0.3 is 5.97 Å². The number of anilines is 2. The Morgan fingerprint density at radius 1 is 1.22 bits per heavy atom. The Labute approximate surface area is 157 Å². The first-order valence-electron chi connectivity index (χ1n) is 8.67. The number of hydrogen-bond acceptors (Lipinski definition) is 5. The van der Waals surface area contributed by atoms with Crippen LogP contribution in [0.15, 0.2) is 60.3 Å². The molecule has 0 saturated heterocycles. The van der Waals surface area contributed by atoms with Crippen molar-refractivity contribution in [1.29, 1.82) is 5.26 Å². The van der Waals surface area contributed by atoms with E-state index in [0.717, 1.165) is 18.7 Å². The summed E-state index contributed by atoms with van der Waals surface area (Å²) in [5.41, 5.74) is 3.12. The standard InChI is InChI=1S/C21H19N3O3/c1-2-27-21(26)16-7-9-18(10-8-16)23-20(25)17(13-22)14-24-12-11-15-5-3-4-6-19(15)24/h3-10,14H,2,11-12H2,1H3,(H,23,25)/b17-14-. The second-order valence-electron chi connectivity index (χ2n) is 5.98. The number of amides is 1. The first-order valence-corrected chi connectivity index (χ1v) is 8.67. The van der Waals surface area contributed by atoms with E-state index in [1.807, 2.05) is 35.2 Å². The van der Waals surface area contributed by atoms with Crippen LogP contribution in [0.25, 0.3) is 0 Å². The van der Waals surface area contributed by atoms with Gasteiger partial charge in [0.1, 0.15) is 11.6 Å². The van der Waals surface area contributed by atoms with Gasteiger partial charge in [0, 0.05) is 24.1 Å². The Bertz CT molecular complexity index is 926. The Balaban J connectivity index is 1.71. The molecule has 1 N–H and O–H groups in total. The Morgan fingerprint density at radius 2 is 1.96 bits per heavy atom. The van der Waals surface area contributed by atoms with E-state index in [-0.39, 0.29) is 5.57 Å². The maximum atomic E-state index is 12.4. The SMILES string of the molecule is CCOC(=O)c1ccc(NC(=O)/C(C#N)=C\N2CCc3ccccc32)cc1. The van der Waals surface area contributed by atoms with Gasteiger partial charge in [0.05, 0.1) is 12.2 Å². The van der Waals surface area contributed by atoms with E-state index in [4.69, 9.17) is 4.74 Å². The molecule has 0 saturated carbocycles. The summed E-state index contributed by atoms with van der Waals surface area (Å²) in [7, 11) is 0. The number of nitriles is 1. The van der Waals surface area contributed by atoms with Gasteiger partial charge in [0.2, 0.25) is 0 Å². The number of nitrogens with one attached hydrogen (secondary N) is 1. The first kappa shape index (κ1) is 18.2. The summed E-state index contributed by atoms with van der Waals surface area (Å²) in [5, 5.41) is 12.1. The Hall–Kier alpha value is -3.59. The van der Waals surface area contributed by atoms with Crippen LogP contribution < -0.4 is 10.2 Å². The van der Waals surface area contributed by atoms with Crippen LogP contribution in [-0.4, -0.2) is 25.0 Å². The third-order valence-electron chi connectivity index (χ3n) is 4.23. The van der Waals surface area contributed by atoms with Crippen LogP contribution in [0.5, 0.6) is 0 Å². The quantitative estimate of drug-likeness (QED) is 0.502. The van der Waals surface area contributed by atoms with E-state index in [0.29, 0.717) is 17.9 Å². The predicted octanol–water partition coefficient (Wildman–Crippen LogP) is 3.27. The molecule has 1 aliphatic heterocycles. The van der Waals surface area contributed by atoms with E-state index in [1.165, 1.54) is 5.56 Å². The molecule has 0 fully saturated rings. The zero-order chi connectivity index (χ0) is 19.2. The van der Waals surface area contributed by atoms with Crippen molar-refractivity contribution in [1.82, 2.24) is 0 Å². The van der Waals surface area contributed by atoms with Gasteiger partial charge in [0.15, 0.2) is 0 Å². The highest BCUT2D eigenvalue weighted by Crippen LogP contribution is 2.28. The van der Waals surface area contributed by atoms with Crippen LogP contribution in [0.3, 0.4) is 0 Å². The van der Waals surface area contributed by atoms with Crippen molar-refractivity contribution >= 4 is 23.3 Å². The van der Waals surface area contributed by atoms with Crippen molar-refractivity contribution < 1.29 is 14.3 Å². The zero-order valence-electron chi connectivity index (χ0n) is 14.9. The third kappa shape index (κ3) is 4.15. The van der Waals surface area contributed by atoms with Gasteiger partial charge in [-0.25, -0.2) is 4.79 Å². The number of rotatable bonds is 5. The van der Waals surface area contributed by atoms with Gasteiger partial charge < -0.3 is 15.0 Å². The minimum atomic E-state index is -0.495. The van der Waals surface area contributed by atoms with Crippen LogP contribution in [0.1, 0.15) is 22.8 Å². The largest absolute Gasteiger partial charge is 0.462 e.